The molecule has 0 saturated carbocycles. The van der Waals surface area contributed by atoms with Crippen LogP contribution in [-0.4, -0.2) is 36.5 Å². The largest absolute Gasteiger partial charge is 0.358 e. The molecule has 0 unspecified atom stereocenters. The maximum atomic E-state index is 11.1. The predicted molar refractivity (Wildman–Crippen MR) is 59.1 cm³/mol. The highest BCUT2D eigenvalue weighted by molar-refractivity contribution is 6.28. The van der Waals surface area contributed by atoms with Gasteiger partial charge in [0.25, 0.3) is 0 Å². The average Bonchev–Trinajstić information content (AvgIpc) is 2.16. The van der Waals surface area contributed by atoms with Crippen LogP contribution in [0.5, 0.6) is 0 Å². The van der Waals surface area contributed by atoms with E-state index in [1.165, 1.54) is 0 Å². The quantitative estimate of drug-likeness (QED) is 0.771. The van der Waals surface area contributed by atoms with Crippen LogP contribution in [0, 0.1) is 6.92 Å². The maximum Gasteiger partial charge on any atom is 0.239 e. The Balaban J connectivity index is 2.81. The summed E-state index contributed by atoms with van der Waals surface area (Å²) >= 11 is 5.72. The molecule has 0 fully saturated rings. The van der Waals surface area contributed by atoms with Crippen molar-refractivity contribution in [2.24, 2.45) is 0 Å². The van der Waals surface area contributed by atoms with Crippen LogP contribution < -0.4 is 10.2 Å². The first-order chi connectivity index (χ1) is 7.02. The Morgan fingerprint density at radius 2 is 2.27 bits per heavy atom. The third-order valence-corrected chi connectivity index (χ3v) is 2.03. The number of hydrogen-bond donors (Lipinski definition) is 1. The molecule has 0 saturated heterocycles. The van der Waals surface area contributed by atoms with Gasteiger partial charge in [0.05, 0.1) is 6.54 Å². The number of carbonyl (C=O) groups is 1. The molecule has 1 aromatic rings. The molecular formula is C9H13ClN4O. The number of nitrogens with one attached hydrogen (secondary N) is 1. The minimum Gasteiger partial charge on any atom is -0.358 e. The van der Waals surface area contributed by atoms with Crippen LogP contribution in [0.1, 0.15) is 5.69 Å². The molecule has 82 valence electrons. The molecule has 0 bridgehead atoms. The third-order valence-electron chi connectivity index (χ3n) is 1.86. The zero-order valence-corrected chi connectivity index (χ0v) is 9.67. The second-order valence-electron chi connectivity index (χ2n) is 3.17. The van der Waals surface area contributed by atoms with Gasteiger partial charge in [-0.25, -0.2) is 9.97 Å². The molecular weight excluding hydrogens is 216 g/mol. The second-order valence-corrected chi connectivity index (χ2v) is 3.50. The summed E-state index contributed by atoms with van der Waals surface area (Å²) in [5.74, 6) is 0.556. The number of rotatable bonds is 3. The zero-order valence-electron chi connectivity index (χ0n) is 8.91. The van der Waals surface area contributed by atoms with Gasteiger partial charge in [-0.3, -0.25) is 4.79 Å². The van der Waals surface area contributed by atoms with E-state index < -0.39 is 0 Å². The normalized spacial score (nSPS) is 9.87. The highest BCUT2D eigenvalue weighted by Gasteiger charge is 2.08. The van der Waals surface area contributed by atoms with Crippen molar-refractivity contribution < 1.29 is 4.79 Å². The Hall–Kier alpha value is -1.36. The number of halogens is 1. The highest BCUT2D eigenvalue weighted by atomic mass is 35.5. The van der Waals surface area contributed by atoms with Crippen LogP contribution in [0.4, 0.5) is 5.82 Å². The molecule has 0 radical (unpaired) electrons. The number of amides is 1. The lowest BCUT2D eigenvalue weighted by atomic mass is 10.4. The van der Waals surface area contributed by atoms with Crippen LogP contribution in [-0.2, 0) is 4.79 Å². The minimum absolute atomic E-state index is 0.0788. The smallest absolute Gasteiger partial charge is 0.239 e. The van der Waals surface area contributed by atoms with E-state index in [0.29, 0.717) is 5.82 Å². The summed E-state index contributed by atoms with van der Waals surface area (Å²) in [6.07, 6.45) is 0. The molecule has 0 aliphatic rings. The van der Waals surface area contributed by atoms with E-state index in [9.17, 15) is 4.79 Å². The standard InChI is InChI=1S/C9H13ClN4O/c1-6-4-7(13-9(10)12-6)14(3)5-8(15)11-2/h4H,5H2,1-3H3,(H,11,15). The van der Waals surface area contributed by atoms with Crippen molar-refractivity contribution in [3.05, 3.63) is 17.0 Å². The second kappa shape index (κ2) is 4.93. The lowest BCUT2D eigenvalue weighted by molar-refractivity contribution is -0.119. The molecule has 6 heteroatoms. The molecule has 5 nitrogen and oxygen atoms in total. The Morgan fingerprint density at radius 1 is 1.60 bits per heavy atom. The molecule has 1 rings (SSSR count). The van der Waals surface area contributed by atoms with Gasteiger partial charge in [0, 0.05) is 25.9 Å². The Labute approximate surface area is 93.5 Å². The van der Waals surface area contributed by atoms with Crippen LogP contribution in [0.25, 0.3) is 0 Å². The summed E-state index contributed by atoms with van der Waals surface area (Å²) < 4.78 is 0. The molecule has 0 atom stereocenters. The molecule has 0 aromatic carbocycles. The van der Waals surface area contributed by atoms with Gasteiger partial charge < -0.3 is 10.2 Å². The van der Waals surface area contributed by atoms with Gasteiger partial charge >= 0.3 is 0 Å². The molecule has 15 heavy (non-hydrogen) atoms. The molecule has 1 aromatic heterocycles. The summed E-state index contributed by atoms with van der Waals surface area (Å²) in [5, 5.41) is 2.73. The van der Waals surface area contributed by atoms with E-state index in [1.54, 1.807) is 25.1 Å². The van der Waals surface area contributed by atoms with E-state index in [2.05, 4.69) is 15.3 Å². The van der Waals surface area contributed by atoms with E-state index in [1.807, 2.05) is 6.92 Å². The van der Waals surface area contributed by atoms with Crippen molar-refractivity contribution in [2.45, 2.75) is 6.92 Å². The Kier molecular flexibility index (Phi) is 3.85. The first-order valence-corrected chi connectivity index (χ1v) is 4.83. The number of aromatic nitrogens is 2. The van der Waals surface area contributed by atoms with Crippen molar-refractivity contribution in [1.29, 1.82) is 0 Å². The summed E-state index contributed by atoms with van der Waals surface area (Å²) in [6.45, 7) is 2.06. The number of nitrogens with zero attached hydrogens (tertiary/aromatic N) is 3. The SMILES string of the molecule is CNC(=O)CN(C)c1cc(C)nc(Cl)n1. The number of aryl methyl sites for hydroxylation is 1. The van der Waals surface area contributed by atoms with Gasteiger partial charge in [0.2, 0.25) is 11.2 Å². The molecule has 1 N–H and O–H groups in total. The van der Waals surface area contributed by atoms with E-state index in [-0.39, 0.29) is 17.7 Å². The van der Waals surface area contributed by atoms with E-state index in [0.717, 1.165) is 5.69 Å². The summed E-state index contributed by atoms with van der Waals surface area (Å²) in [4.78, 5) is 20.8. The van der Waals surface area contributed by atoms with Gasteiger partial charge in [-0.15, -0.1) is 0 Å². The number of anilines is 1. The highest BCUT2D eigenvalue weighted by Crippen LogP contribution is 2.12. The van der Waals surface area contributed by atoms with Gasteiger partial charge in [0.1, 0.15) is 5.82 Å². The molecule has 0 spiro atoms. The number of carbonyl (C=O) groups excluding carboxylic acids is 1. The molecule has 1 heterocycles. The van der Waals surface area contributed by atoms with Crippen molar-refractivity contribution in [1.82, 2.24) is 15.3 Å². The fourth-order valence-corrected chi connectivity index (χ4v) is 1.31. The lowest BCUT2D eigenvalue weighted by Gasteiger charge is -2.17. The van der Waals surface area contributed by atoms with Gasteiger partial charge in [-0.1, -0.05) is 0 Å². The monoisotopic (exact) mass is 228 g/mol. The first-order valence-electron chi connectivity index (χ1n) is 4.46. The van der Waals surface area contributed by atoms with Crippen molar-refractivity contribution in [3.8, 4) is 0 Å². The number of hydrogen-bond acceptors (Lipinski definition) is 4. The molecule has 0 aliphatic carbocycles. The van der Waals surface area contributed by atoms with Crippen LogP contribution in [0.15, 0.2) is 6.07 Å². The predicted octanol–water partition coefficient (Wildman–Crippen LogP) is 0.621. The van der Waals surface area contributed by atoms with Gasteiger partial charge in [-0.2, -0.15) is 0 Å². The maximum absolute atomic E-state index is 11.1. The van der Waals surface area contributed by atoms with Gasteiger partial charge in [0.15, 0.2) is 0 Å². The number of likely N-dealkylation sites (N-methyl/N-ethyl adjacent to an activating group) is 2. The van der Waals surface area contributed by atoms with Crippen LogP contribution in [0.3, 0.4) is 0 Å². The third kappa shape index (κ3) is 3.36. The van der Waals surface area contributed by atoms with Crippen molar-refractivity contribution >= 4 is 23.3 Å². The Bertz CT molecular complexity index is 349. The van der Waals surface area contributed by atoms with E-state index >= 15 is 0 Å². The van der Waals surface area contributed by atoms with E-state index in [4.69, 9.17) is 11.6 Å². The zero-order chi connectivity index (χ0) is 11.4. The topological polar surface area (TPSA) is 58.1 Å². The summed E-state index contributed by atoms with van der Waals surface area (Å²) in [5.41, 5.74) is 0.772. The Morgan fingerprint density at radius 3 is 2.80 bits per heavy atom. The summed E-state index contributed by atoms with van der Waals surface area (Å²) in [6, 6.07) is 1.77. The fourth-order valence-electron chi connectivity index (χ4n) is 1.09. The minimum atomic E-state index is -0.0788. The molecule has 1 amide bonds. The first kappa shape index (κ1) is 11.7. The van der Waals surface area contributed by atoms with Crippen molar-refractivity contribution in [2.75, 3.05) is 25.5 Å². The van der Waals surface area contributed by atoms with Gasteiger partial charge in [-0.05, 0) is 18.5 Å². The average molecular weight is 229 g/mol. The summed E-state index contributed by atoms with van der Waals surface area (Å²) in [7, 11) is 3.36. The van der Waals surface area contributed by atoms with Crippen LogP contribution >= 0.6 is 11.6 Å². The fraction of sp³-hybridized carbons (Fsp3) is 0.444. The van der Waals surface area contributed by atoms with Crippen molar-refractivity contribution in [3.63, 3.8) is 0 Å². The lowest BCUT2D eigenvalue weighted by Crippen LogP contribution is -2.33. The molecule has 0 aliphatic heterocycles. The van der Waals surface area contributed by atoms with Crippen LogP contribution in [0.2, 0.25) is 5.28 Å².